The van der Waals surface area contributed by atoms with Gasteiger partial charge in [-0.25, -0.2) is 0 Å². The Morgan fingerprint density at radius 2 is 0.825 bits per heavy atom. The second-order valence-electron chi connectivity index (χ2n) is 15.1. The standard InChI is InChI=1S/C54H30OS2/c1-6-18-42-34(11-1)44(30-46-43-27-26-41-35-12-7-9-19-47(35)55-52(41)54(43)57-53(42)46)31-21-23-32(24-22-31)50-37-14-2-4-16-39(37)51(40-17-5-3-15-38(40)50)33-25-28-49-45(29-33)36-13-8-10-20-48(36)56-49/h1-30H. The van der Waals surface area contributed by atoms with E-state index in [0.29, 0.717) is 0 Å². The molecule has 264 valence electrons. The van der Waals surface area contributed by atoms with Crippen molar-refractivity contribution in [2.75, 3.05) is 0 Å². The van der Waals surface area contributed by atoms with Crippen LogP contribution in [0.25, 0.3) is 128 Å². The fourth-order valence-electron chi connectivity index (χ4n) is 9.53. The van der Waals surface area contributed by atoms with Gasteiger partial charge in [0, 0.05) is 51.8 Å². The van der Waals surface area contributed by atoms with E-state index in [2.05, 4.69) is 176 Å². The molecule has 13 aromatic rings. The number of thiophene rings is 2. The van der Waals surface area contributed by atoms with E-state index in [0.717, 1.165) is 11.2 Å². The molecule has 0 atom stereocenters. The number of benzene rings is 10. The Hall–Kier alpha value is -6.78. The van der Waals surface area contributed by atoms with Crippen LogP contribution in [0.5, 0.6) is 0 Å². The molecule has 0 spiro atoms. The van der Waals surface area contributed by atoms with Crippen molar-refractivity contribution < 1.29 is 4.42 Å². The van der Waals surface area contributed by atoms with E-state index in [1.807, 2.05) is 28.7 Å². The molecule has 0 saturated carbocycles. The van der Waals surface area contributed by atoms with Crippen molar-refractivity contribution in [2.24, 2.45) is 0 Å². The van der Waals surface area contributed by atoms with Crippen molar-refractivity contribution in [2.45, 2.75) is 0 Å². The van der Waals surface area contributed by atoms with Gasteiger partial charge in [-0.3, -0.25) is 0 Å². The summed E-state index contributed by atoms with van der Waals surface area (Å²) < 4.78 is 11.7. The van der Waals surface area contributed by atoms with Gasteiger partial charge in [0.25, 0.3) is 0 Å². The third kappa shape index (κ3) is 4.50. The van der Waals surface area contributed by atoms with Gasteiger partial charge in [0.15, 0.2) is 5.58 Å². The Labute approximate surface area is 335 Å². The zero-order valence-electron chi connectivity index (χ0n) is 30.5. The first-order valence-electron chi connectivity index (χ1n) is 19.4. The molecule has 57 heavy (non-hydrogen) atoms. The first-order valence-corrected chi connectivity index (χ1v) is 21.0. The van der Waals surface area contributed by atoms with E-state index in [4.69, 9.17) is 4.42 Å². The van der Waals surface area contributed by atoms with Crippen molar-refractivity contribution in [3.8, 4) is 33.4 Å². The molecule has 3 heterocycles. The quantitative estimate of drug-likeness (QED) is 0.164. The van der Waals surface area contributed by atoms with Crippen LogP contribution in [0.2, 0.25) is 0 Å². The molecule has 0 radical (unpaired) electrons. The summed E-state index contributed by atoms with van der Waals surface area (Å²) in [5, 5.41) is 15.1. The highest BCUT2D eigenvalue weighted by Crippen LogP contribution is 2.48. The Morgan fingerprint density at radius 3 is 1.56 bits per heavy atom. The van der Waals surface area contributed by atoms with Gasteiger partial charge in [0.05, 0.1) is 4.70 Å². The molecule has 13 rings (SSSR count). The van der Waals surface area contributed by atoms with Gasteiger partial charge in [-0.2, -0.15) is 0 Å². The highest BCUT2D eigenvalue weighted by molar-refractivity contribution is 7.27. The molecule has 0 fully saturated rings. The average Bonchev–Trinajstić information content (AvgIpc) is 3.97. The van der Waals surface area contributed by atoms with Gasteiger partial charge in [0.1, 0.15) is 5.58 Å². The van der Waals surface area contributed by atoms with E-state index in [1.54, 1.807) is 0 Å². The Bertz CT molecular complexity index is 3750. The van der Waals surface area contributed by atoms with Crippen LogP contribution in [0.1, 0.15) is 0 Å². The van der Waals surface area contributed by atoms with E-state index < -0.39 is 0 Å². The zero-order valence-corrected chi connectivity index (χ0v) is 32.2. The van der Waals surface area contributed by atoms with Crippen LogP contribution >= 0.6 is 22.7 Å². The van der Waals surface area contributed by atoms with Crippen LogP contribution in [-0.2, 0) is 0 Å². The minimum absolute atomic E-state index is 0.937. The van der Waals surface area contributed by atoms with E-state index in [9.17, 15) is 0 Å². The van der Waals surface area contributed by atoms with Crippen LogP contribution in [0, 0.1) is 0 Å². The maximum Gasteiger partial charge on any atom is 0.153 e. The van der Waals surface area contributed by atoms with Gasteiger partial charge < -0.3 is 4.42 Å². The Morgan fingerprint density at radius 1 is 0.298 bits per heavy atom. The molecule has 0 aliphatic rings. The maximum atomic E-state index is 6.51. The number of furan rings is 1. The molecule has 0 aliphatic heterocycles. The van der Waals surface area contributed by atoms with Crippen LogP contribution in [0.3, 0.4) is 0 Å². The molecule has 10 aromatic carbocycles. The number of rotatable bonds is 3. The Kier molecular flexibility index (Phi) is 6.54. The lowest BCUT2D eigenvalue weighted by Gasteiger charge is -2.18. The largest absolute Gasteiger partial charge is 0.455 e. The minimum atomic E-state index is 0.937. The summed E-state index contributed by atoms with van der Waals surface area (Å²) in [5.41, 5.74) is 9.42. The lowest BCUT2D eigenvalue weighted by Crippen LogP contribution is -1.91. The molecule has 0 amide bonds. The minimum Gasteiger partial charge on any atom is -0.455 e. The molecule has 0 unspecified atom stereocenters. The predicted octanol–water partition coefficient (Wildman–Crippen LogP) is 16.8. The molecular formula is C54H30OS2. The second kappa shape index (κ2) is 11.9. The van der Waals surface area contributed by atoms with Gasteiger partial charge in [-0.1, -0.05) is 146 Å². The average molecular weight is 759 g/mol. The van der Waals surface area contributed by atoms with Crippen molar-refractivity contribution in [3.63, 3.8) is 0 Å². The third-order valence-electron chi connectivity index (χ3n) is 12.1. The number of hydrogen-bond donors (Lipinski definition) is 0. The summed E-state index contributed by atoms with van der Waals surface area (Å²) >= 11 is 3.72. The summed E-state index contributed by atoms with van der Waals surface area (Å²) in [7, 11) is 0. The first kappa shape index (κ1) is 31.4. The zero-order chi connectivity index (χ0) is 37.2. The highest BCUT2D eigenvalue weighted by Gasteiger charge is 2.20. The fraction of sp³-hybridized carbons (Fsp3) is 0. The molecule has 0 N–H and O–H groups in total. The summed E-state index contributed by atoms with van der Waals surface area (Å²) in [5.74, 6) is 0. The molecule has 0 saturated heterocycles. The molecule has 3 aromatic heterocycles. The monoisotopic (exact) mass is 758 g/mol. The summed E-state index contributed by atoms with van der Waals surface area (Å²) in [6.07, 6.45) is 0. The van der Waals surface area contributed by atoms with E-state index in [-0.39, 0.29) is 0 Å². The van der Waals surface area contributed by atoms with Crippen molar-refractivity contribution in [1.29, 1.82) is 0 Å². The van der Waals surface area contributed by atoms with E-state index >= 15 is 0 Å². The molecule has 0 aliphatic carbocycles. The van der Waals surface area contributed by atoms with Gasteiger partial charge in [-0.15, -0.1) is 22.7 Å². The smallest absolute Gasteiger partial charge is 0.153 e. The molecule has 3 heteroatoms. The molecule has 1 nitrogen and oxygen atoms in total. The third-order valence-corrected chi connectivity index (χ3v) is 14.5. The van der Waals surface area contributed by atoms with Crippen molar-refractivity contribution >= 4 is 117 Å². The predicted molar refractivity (Wildman–Crippen MR) is 248 cm³/mol. The maximum absolute atomic E-state index is 6.51. The lowest BCUT2D eigenvalue weighted by atomic mass is 9.85. The summed E-state index contributed by atoms with van der Waals surface area (Å²) in [6.45, 7) is 0. The van der Waals surface area contributed by atoms with Gasteiger partial charge in [-0.05, 0) is 96.7 Å². The topological polar surface area (TPSA) is 13.1 Å². The number of fused-ring (bicyclic) bond motifs is 14. The lowest BCUT2D eigenvalue weighted by molar-refractivity contribution is 0.673. The van der Waals surface area contributed by atoms with Crippen LogP contribution < -0.4 is 0 Å². The first-order chi connectivity index (χ1) is 28.3. The van der Waals surface area contributed by atoms with Crippen molar-refractivity contribution in [1.82, 2.24) is 0 Å². The SMILES string of the molecule is c1ccc2c(c1)oc1c2ccc2c3cc(-c4ccc(-c5c6ccccc6c(-c6ccc7sc8ccccc8c7c6)c6ccccc56)cc4)c4ccccc4c3sc21. The van der Waals surface area contributed by atoms with Crippen molar-refractivity contribution in [3.05, 3.63) is 182 Å². The fourth-order valence-corrected chi connectivity index (χ4v) is 11.9. The number of para-hydroxylation sites is 1. The second-order valence-corrected chi connectivity index (χ2v) is 17.2. The van der Waals surface area contributed by atoms with Crippen LogP contribution in [-0.4, -0.2) is 0 Å². The normalized spacial score (nSPS) is 12.2. The molecule has 0 bridgehead atoms. The Balaban J connectivity index is 0.997. The van der Waals surface area contributed by atoms with Gasteiger partial charge in [0.2, 0.25) is 0 Å². The molecular weight excluding hydrogens is 729 g/mol. The highest BCUT2D eigenvalue weighted by atomic mass is 32.1. The number of hydrogen-bond acceptors (Lipinski definition) is 3. The summed E-state index contributed by atoms with van der Waals surface area (Å²) in [6, 6.07) is 67.2. The van der Waals surface area contributed by atoms with Crippen LogP contribution in [0.4, 0.5) is 0 Å². The van der Waals surface area contributed by atoms with E-state index in [1.165, 1.54) is 117 Å². The van der Waals surface area contributed by atoms with Gasteiger partial charge >= 0.3 is 0 Å². The van der Waals surface area contributed by atoms with Crippen LogP contribution in [0.15, 0.2) is 186 Å². The summed E-state index contributed by atoms with van der Waals surface area (Å²) in [4.78, 5) is 0.